The molecule has 2 rings (SSSR count). The first kappa shape index (κ1) is 12.8. The SMILES string of the molecule is CCCOC1CCCN(c2cnc(C#N)cn2)C1. The molecule has 0 spiro atoms. The van der Waals surface area contributed by atoms with Gasteiger partial charge in [0, 0.05) is 19.7 Å². The molecule has 0 N–H and O–H groups in total. The Balaban J connectivity index is 1.97. The van der Waals surface area contributed by atoms with E-state index in [0.717, 1.165) is 44.8 Å². The molecule has 0 radical (unpaired) electrons. The molecule has 1 aliphatic rings. The van der Waals surface area contributed by atoms with E-state index < -0.39 is 0 Å². The smallest absolute Gasteiger partial charge is 0.158 e. The number of nitrogens with zero attached hydrogens (tertiary/aromatic N) is 4. The first-order valence-corrected chi connectivity index (χ1v) is 6.42. The summed E-state index contributed by atoms with van der Waals surface area (Å²) in [4.78, 5) is 10.5. The van der Waals surface area contributed by atoms with Crippen LogP contribution in [0.5, 0.6) is 0 Å². The van der Waals surface area contributed by atoms with Crippen LogP contribution in [0.25, 0.3) is 0 Å². The number of anilines is 1. The maximum atomic E-state index is 8.69. The number of aromatic nitrogens is 2. The summed E-state index contributed by atoms with van der Waals surface area (Å²) in [6, 6.07) is 1.98. The van der Waals surface area contributed by atoms with Gasteiger partial charge in [-0.05, 0) is 19.3 Å². The number of ether oxygens (including phenoxy) is 1. The molecule has 1 fully saturated rings. The van der Waals surface area contributed by atoms with E-state index in [-0.39, 0.29) is 6.10 Å². The second-order valence-electron chi connectivity index (χ2n) is 4.45. The summed E-state index contributed by atoms with van der Waals surface area (Å²) in [6.07, 6.45) is 6.74. The van der Waals surface area contributed by atoms with Crippen molar-refractivity contribution < 1.29 is 4.74 Å². The van der Waals surface area contributed by atoms with Crippen molar-refractivity contribution in [1.29, 1.82) is 5.26 Å². The number of hydrogen-bond donors (Lipinski definition) is 0. The molecule has 0 bridgehead atoms. The lowest BCUT2D eigenvalue weighted by Gasteiger charge is -2.33. The van der Waals surface area contributed by atoms with Crippen molar-refractivity contribution in [3.05, 3.63) is 18.1 Å². The molecule has 5 heteroatoms. The summed E-state index contributed by atoms with van der Waals surface area (Å²) in [5.74, 6) is 0.832. The fourth-order valence-corrected chi connectivity index (χ4v) is 2.11. The molecular weight excluding hydrogens is 228 g/mol. The molecule has 1 atom stereocenters. The van der Waals surface area contributed by atoms with Crippen molar-refractivity contribution in [3.8, 4) is 6.07 Å². The average molecular weight is 246 g/mol. The van der Waals surface area contributed by atoms with Crippen molar-refractivity contribution in [3.63, 3.8) is 0 Å². The molecule has 0 amide bonds. The van der Waals surface area contributed by atoms with Gasteiger partial charge in [-0.1, -0.05) is 6.92 Å². The highest BCUT2D eigenvalue weighted by Crippen LogP contribution is 2.18. The Morgan fingerprint density at radius 2 is 2.39 bits per heavy atom. The normalized spacial score (nSPS) is 19.6. The average Bonchev–Trinajstić information content (AvgIpc) is 2.45. The van der Waals surface area contributed by atoms with E-state index in [4.69, 9.17) is 10.00 Å². The Bertz CT molecular complexity index is 412. The zero-order chi connectivity index (χ0) is 12.8. The van der Waals surface area contributed by atoms with Crippen molar-refractivity contribution in [2.45, 2.75) is 32.3 Å². The van der Waals surface area contributed by atoms with Crippen LogP contribution in [0.2, 0.25) is 0 Å². The minimum Gasteiger partial charge on any atom is -0.376 e. The van der Waals surface area contributed by atoms with Gasteiger partial charge in [-0.25, -0.2) is 9.97 Å². The summed E-state index contributed by atoms with van der Waals surface area (Å²) in [5, 5.41) is 8.69. The van der Waals surface area contributed by atoms with E-state index in [1.165, 1.54) is 6.20 Å². The van der Waals surface area contributed by atoms with Gasteiger partial charge in [0.2, 0.25) is 0 Å². The molecule has 1 aromatic heterocycles. The molecule has 1 aliphatic heterocycles. The Labute approximate surface area is 107 Å². The zero-order valence-corrected chi connectivity index (χ0v) is 10.7. The quantitative estimate of drug-likeness (QED) is 0.809. The van der Waals surface area contributed by atoms with Crippen LogP contribution in [0.3, 0.4) is 0 Å². The van der Waals surface area contributed by atoms with E-state index in [9.17, 15) is 0 Å². The first-order chi connectivity index (χ1) is 8.83. The molecule has 96 valence electrons. The van der Waals surface area contributed by atoms with Gasteiger partial charge in [-0.3, -0.25) is 0 Å². The fourth-order valence-electron chi connectivity index (χ4n) is 2.11. The summed E-state index contributed by atoms with van der Waals surface area (Å²) in [5.41, 5.74) is 0.356. The minimum atomic E-state index is 0.288. The first-order valence-electron chi connectivity index (χ1n) is 6.42. The predicted octanol–water partition coefficient (Wildman–Crippen LogP) is 1.74. The van der Waals surface area contributed by atoms with Gasteiger partial charge in [-0.15, -0.1) is 0 Å². The van der Waals surface area contributed by atoms with Crippen molar-refractivity contribution in [2.75, 3.05) is 24.6 Å². The van der Waals surface area contributed by atoms with E-state index in [0.29, 0.717) is 5.69 Å². The standard InChI is InChI=1S/C13H18N4O/c1-2-6-18-12-4-3-5-17(10-12)13-9-15-11(7-14)8-16-13/h8-9,12H,2-6,10H2,1H3. The third-order valence-electron chi connectivity index (χ3n) is 3.01. The highest BCUT2D eigenvalue weighted by atomic mass is 16.5. The van der Waals surface area contributed by atoms with Crippen LogP contribution >= 0.6 is 0 Å². The van der Waals surface area contributed by atoms with Crippen molar-refractivity contribution in [1.82, 2.24) is 9.97 Å². The molecule has 18 heavy (non-hydrogen) atoms. The lowest BCUT2D eigenvalue weighted by Crippen LogP contribution is -2.40. The van der Waals surface area contributed by atoms with Crippen LogP contribution in [-0.2, 0) is 4.74 Å². The summed E-state index contributed by atoms with van der Waals surface area (Å²) in [7, 11) is 0. The topological polar surface area (TPSA) is 62.0 Å². The highest BCUT2D eigenvalue weighted by Gasteiger charge is 2.21. The van der Waals surface area contributed by atoms with Crippen LogP contribution in [0.1, 0.15) is 31.9 Å². The van der Waals surface area contributed by atoms with Crippen LogP contribution in [-0.4, -0.2) is 35.8 Å². The third kappa shape index (κ3) is 3.17. The maximum Gasteiger partial charge on any atom is 0.158 e. The summed E-state index contributed by atoms with van der Waals surface area (Å²) >= 11 is 0. The Hall–Kier alpha value is -1.67. The molecule has 1 aromatic rings. The van der Waals surface area contributed by atoms with Crippen molar-refractivity contribution in [2.24, 2.45) is 0 Å². The van der Waals surface area contributed by atoms with Gasteiger partial charge in [-0.2, -0.15) is 5.26 Å². The molecule has 1 saturated heterocycles. The summed E-state index contributed by atoms with van der Waals surface area (Å²) in [6.45, 7) is 4.78. The second kappa shape index (κ2) is 6.31. The highest BCUT2D eigenvalue weighted by molar-refractivity contribution is 5.37. The third-order valence-corrected chi connectivity index (χ3v) is 3.01. The van der Waals surface area contributed by atoms with E-state index >= 15 is 0 Å². The maximum absolute atomic E-state index is 8.69. The van der Waals surface area contributed by atoms with E-state index in [1.54, 1.807) is 6.20 Å². The molecule has 5 nitrogen and oxygen atoms in total. The van der Waals surface area contributed by atoms with Crippen LogP contribution in [0.4, 0.5) is 5.82 Å². The Kier molecular flexibility index (Phi) is 4.48. The van der Waals surface area contributed by atoms with Gasteiger partial charge in [0.25, 0.3) is 0 Å². The number of piperidine rings is 1. The fraction of sp³-hybridized carbons (Fsp3) is 0.615. The predicted molar refractivity (Wildman–Crippen MR) is 68.2 cm³/mol. The largest absolute Gasteiger partial charge is 0.376 e. The lowest BCUT2D eigenvalue weighted by molar-refractivity contribution is 0.0439. The zero-order valence-electron chi connectivity index (χ0n) is 10.7. The Morgan fingerprint density at radius 3 is 3.06 bits per heavy atom. The molecule has 1 unspecified atom stereocenters. The van der Waals surface area contributed by atoms with Crippen molar-refractivity contribution >= 4 is 5.82 Å². The monoisotopic (exact) mass is 246 g/mol. The van der Waals surface area contributed by atoms with Gasteiger partial charge in [0.05, 0.1) is 18.5 Å². The molecular formula is C13H18N4O. The number of rotatable bonds is 4. The molecule has 0 aromatic carbocycles. The Morgan fingerprint density at radius 1 is 1.50 bits per heavy atom. The summed E-state index contributed by atoms with van der Waals surface area (Å²) < 4.78 is 5.79. The molecule has 2 heterocycles. The van der Waals surface area contributed by atoms with Gasteiger partial charge < -0.3 is 9.64 Å². The van der Waals surface area contributed by atoms with Gasteiger partial charge in [0.15, 0.2) is 5.69 Å². The van der Waals surface area contributed by atoms with Gasteiger partial charge in [0.1, 0.15) is 11.9 Å². The van der Waals surface area contributed by atoms with Gasteiger partial charge >= 0.3 is 0 Å². The van der Waals surface area contributed by atoms with Crippen LogP contribution in [0, 0.1) is 11.3 Å². The van der Waals surface area contributed by atoms with E-state index in [1.807, 2.05) is 6.07 Å². The van der Waals surface area contributed by atoms with Crippen LogP contribution < -0.4 is 4.90 Å². The minimum absolute atomic E-state index is 0.288. The lowest BCUT2D eigenvalue weighted by atomic mass is 10.1. The second-order valence-corrected chi connectivity index (χ2v) is 4.45. The number of nitriles is 1. The number of hydrogen-bond acceptors (Lipinski definition) is 5. The molecule has 0 aliphatic carbocycles. The molecule has 0 saturated carbocycles. The van der Waals surface area contributed by atoms with E-state index in [2.05, 4.69) is 21.8 Å². The van der Waals surface area contributed by atoms with Crippen LogP contribution in [0.15, 0.2) is 12.4 Å².